The van der Waals surface area contributed by atoms with Crippen molar-refractivity contribution >= 4 is 0 Å². The first kappa shape index (κ1) is 7.08. The van der Waals surface area contributed by atoms with Crippen LogP contribution in [0.3, 0.4) is 0 Å². The Morgan fingerprint density at radius 2 is 2.38 bits per heavy atom. The van der Waals surface area contributed by atoms with Crippen molar-refractivity contribution in [1.82, 2.24) is 0 Å². The van der Waals surface area contributed by atoms with Crippen molar-refractivity contribution in [3.05, 3.63) is 0 Å². The standard InChI is InChI=1S/C7H8O/c1-3-5-6-7(8)4-2/h1,7-8H,4H2,2H3/t7-/m1/s1. The van der Waals surface area contributed by atoms with Crippen LogP contribution >= 0.6 is 0 Å². The lowest BCUT2D eigenvalue weighted by molar-refractivity contribution is 0.228. The molecule has 0 radical (unpaired) electrons. The third-order valence-electron chi connectivity index (χ3n) is 0.698. The molecule has 0 spiro atoms. The Balaban J connectivity index is 3.55. The average Bonchev–Trinajstić information content (AvgIpc) is 1.83. The van der Waals surface area contributed by atoms with Gasteiger partial charge in [0.2, 0.25) is 0 Å². The van der Waals surface area contributed by atoms with E-state index in [1.165, 1.54) is 0 Å². The maximum atomic E-state index is 8.72. The van der Waals surface area contributed by atoms with Gasteiger partial charge in [-0.15, -0.1) is 6.42 Å². The Morgan fingerprint density at radius 3 is 2.75 bits per heavy atom. The van der Waals surface area contributed by atoms with Crippen LogP contribution in [-0.2, 0) is 0 Å². The fourth-order valence-corrected chi connectivity index (χ4v) is 0.227. The lowest BCUT2D eigenvalue weighted by atomic mass is 10.3. The average molecular weight is 108 g/mol. The summed E-state index contributed by atoms with van der Waals surface area (Å²) in [5, 5.41) is 8.72. The Bertz CT molecular complexity index is 142. The summed E-state index contributed by atoms with van der Waals surface area (Å²) in [7, 11) is 0. The number of hydrogen-bond acceptors (Lipinski definition) is 1. The van der Waals surface area contributed by atoms with Gasteiger partial charge in [-0.1, -0.05) is 12.8 Å². The lowest BCUT2D eigenvalue weighted by Crippen LogP contribution is -1.98. The SMILES string of the molecule is C#CC#C[C@H](O)CC. The Kier molecular flexibility index (Phi) is 3.76. The van der Waals surface area contributed by atoms with Gasteiger partial charge in [0, 0.05) is 0 Å². The second-order valence-electron chi connectivity index (χ2n) is 1.34. The van der Waals surface area contributed by atoms with Crippen molar-refractivity contribution in [2.24, 2.45) is 0 Å². The van der Waals surface area contributed by atoms with Gasteiger partial charge in [-0.25, -0.2) is 0 Å². The van der Waals surface area contributed by atoms with Gasteiger partial charge in [-0.05, 0) is 18.3 Å². The smallest absolute Gasteiger partial charge is 0.115 e. The van der Waals surface area contributed by atoms with Crippen LogP contribution in [0.1, 0.15) is 13.3 Å². The number of terminal acetylenes is 1. The summed E-state index contributed by atoms with van der Waals surface area (Å²) < 4.78 is 0. The van der Waals surface area contributed by atoms with Crippen molar-refractivity contribution < 1.29 is 5.11 Å². The van der Waals surface area contributed by atoms with Crippen molar-refractivity contribution in [2.45, 2.75) is 19.4 Å². The third kappa shape index (κ3) is 3.28. The van der Waals surface area contributed by atoms with E-state index in [9.17, 15) is 0 Å². The van der Waals surface area contributed by atoms with E-state index < -0.39 is 6.10 Å². The fourth-order valence-electron chi connectivity index (χ4n) is 0.227. The molecule has 8 heavy (non-hydrogen) atoms. The van der Waals surface area contributed by atoms with E-state index in [-0.39, 0.29) is 0 Å². The summed E-state index contributed by atoms with van der Waals surface area (Å²) >= 11 is 0. The van der Waals surface area contributed by atoms with Crippen LogP contribution in [0.25, 0.3) is 0 Å². The molecule has 0 amide bonds. The van der Waals surface area contributed by atoms with Gasteiger partial charge in [0.1, 0.15) is 6.10 Å². The van der Waals surface area contributed by atoms with Crippen LogP contribution in [0.5, 0.6) is 0 Å². The van der Waals surface area contributed by atoms with Crippen LogP contribution < -0.4 is 0 Å². The minimum Gasteiger partial charge on any atom is -0.380 e. The predicted octanol–water partition coefficient (Wildman–Crippen LogP) is 0.394. The molecule has 0 rings (SSSR count). The summed E-state index contributed by atoms with van der Waals surface area (Å²) in [5.74, 6) is 6.89. The van der Waals surface area contributed by atoms with Crippen LogP contribution in [0.15, 0.2) is 0 Å². The molecule has 0 aromatic rings. The van der Waals surface area contributed by atoms with Crippen LogP contribution in [0, 0.1) is 24.2 Å². The minimum atomic E-state index is -0.550. The summed E-state index contributed by atoms with van der Waals surface area (Å²) in [5.41, 5.74) is 0. The van der Waals surface area contributed by atoms with Gasteiger partial charge in [0.15, 0.2) is 0 Å². The fraction of sp³-hybridized carbons (Fsp3) is 0.429. The van der Waals surface area contributed by atoms with Crippen molar-refractivity contribution in [2.75, 3.05) is 0 Å². The Hall–Kier alpha value is -0.920. The van der Waals surface area contributed by atoms with E-state index in [4.69, 9.17) is 11.5 Å². The minimum absolute atomic E-state index is 0.550. The van der Waals surface area contributed by atoms with E-state index in [1.807, 2.05) is 6.92 Å². The molecular weight excluding hydrogens is 100 g/mol. The first-order valence-corrected chi connectivity index (χ1v) is 2.45. The topological polar surface area (TPSA) is 20.2 Å². The van der Waals surface area contributed by atoms with Crippen LogP contribution in [0.4, 0.5) is 0 Å². The van der Waals surface area contributed by atoms with Gasteiger partial charge in [-0.2, -0.15) is 0 Å². The summed E-state index contributed by atoms with van der Waals surface area (Å²) in [4.78, 5) is 0. The number of aliphatic hydroxyl groups is 1. The molecule has 0 bridgehead atoms. The maximum Gasteiger partial charge on any atom is 0.115 e. The maximum absolute atomic E-state index is 8.72. The van der Waals surface area contributed by atoms with Gasteiger partial charge < -0.3 is 5.11 Å². The summed E-state index contributed by atoms with van der Waals surface area (Å²) in [6, 6.07) is 0. The molecule has 42 valence electrons. The molecule has 1 nitrogen and oxygen atoms in total. The van der Waals surface area contributed by atoms with Crippen LogP contribution in [0.2, 0.25) is 0 Å². The molecule has 0 saturated carbocycles. The molecule has 0 aromatic carbocycles. The second-order valence-corrected chi connectivity index (χ2v) is 1.34. The van der Waals surface area contributed by atoms with Crippen molar-refractivity contribution in [1.29, 1.82) is 0 Å². The predicted molar refractivity (Wildman–Crippen MR) is 32.9 cm³/mol. The Labute approximate surface area is 49.7 Å². The first-order chi connectivity index (χ1) is 3.81. The molecule has 0 aliphatic rings. The van der Waals surface area contributed by atoms with Gasteiger partial charge >= 0.3 is 0 Å². The highest BCUT2D eigenvalue weighted by atomic mass is 16.3. The highest BCUT2D eigenvalue weighted by Gasteiger charge is 1.88. The van der Waals surface area contributed by atoms with Crippen molar-refractivity contribution in [3.63, 3.8) is 0 Å². The van der Waals surface area contributed by atoms with E-state index in [1.54, 1.807) is 0 Å². The van der Waals surface area contributed by atoms with E-state index >= 15 is 0 Å². The van der Waals surface area contributed by atoms with Gasteiger partial charge in [-0.3, -0.25) is 0 Å². The molecule has 1 heteroatoms. The number of hydrogen-bond donors (Lipinski definition) is 1. The van der Waals surface area contributed by atoms with E-state index in [2.05, 4.69) is 17.8 Å². The first-order valence-electron chi connectivity index (χ1n) is 2.45. The molecule has 1 atom stereocenters. The lowest BCUT2D eigenvalue weighted by Gasteiger charge is -1.91. The monoisotopic (exact) mass is 108 g/mol. The number of rotatable bonds is 1. The van der Waals surface area contributed by atoms with Crippen LogP contribution in [-0.4, -0.2) is 11.2 Å². The zero-order valence-corrected chi connectivity index (χ0v) is 4.81. The highest BCUT2D eigenvalue weighted by molar-refractivity contribution is 5.23. The third-order valence-corrected chi connectivity index (χ3v) is 0.698. The van der Waals surface area contributed by atoms with E-state index in [0.29, 0.717) is 6.42 Å². The van der Waals surface area contributed by atoms with Gasteiger partial charge in [0.25, 0.3) is 0 Å². The normalized spacial score (nSPS) is 10.6. The Morgan fingerprint density at radius 1 is 1.75 bits per heavy atom. The molecule has 0 saturated heterocycles. The van der Waals surface area contributed by atoms with Crippen molar-refractivity contribution in [3.8, 4) is 24.2 Å². The molecule has 0 aliphatic heterocycles. The molecular formula is C7H8O. The molecule has 0 aliphatic carbocycles. The molecule has 0 fully saturated rings. The number of aliphatic hydroxyl groups excluding tert-OH is 1. The van der Waals surface area contributed by atoms with Gasteiger partial charge in [0.05, 0.1) is 0 Å². The zero-order valence-electron chi connectivity index (χ0n) is 4.81. The highest BCUT2D eigenvalue weighted by Crippen LogP contribution is 1.83. The molecule has 0 aromatic heterocycles. The largest absolute Gasteiger partial charge is 0.380 e. The molecule has 0 heterocycles. The van der Waals surface area contributed by atoms with E-state index in [0.717, 1.165) is 0 Å². The second kappa shape index (κ2) is 4.24. The zero-order chi connectivity index (χ0) is 6.41. The summed E-state index contributed by atoms with van der Waals surface area (Å²) in [6.45, 7) is 1.84. The molecule has 1 N–H and O–H groups in total. The summed E-state index contributed by atoms with van der Waals surface area (Å²) in [6.07, 6.45) is 4.88. The quantitative estimate of drug-likeness (QED) is 0.482. The molecule has 0 unspecified atom stereocenters.